The Balaban J connectivity index is 2.09. The second kappa shape index (κ2) is 9.42. The lowest BCUT2D eigenvalue weighted by Crippen LogP contribution is -2.48. The van der Waals surface area contributed by atoms with Crippen molar-refractivity contribution < 1.29 is 14.3 Å². The maximum absolute atomic E-state index is 11.6. The second-order valence-electron chi connectivity index (χ2n) is 6.28. The van der Waals surface area contributed by atoms with Crippen molar-refractivity contribution in [3.8, 4) is 0 Å². The Kier molecular flexibility index (Phi) is 7.25. The van der Waals surface area contributed by atoms with Crippen molar-refractivity contribution >= 4 is 11.9 Å². The second-order valence-corrected chi connectivity index (χ2v) is 6.28. The van der Waals surface area contributed by atoms with Gasteiger partial charge in [-0.3, -0.25) is 9.79 Å². The lowest BCUT2D eigenvalue weighted by atomic mass is 10.0. The summed E-state index contributed by atoms with van der Waals surface area (Å²) in [4.78, 5) is 18.4. The van der Waals surface area contributed by atoms with Crippen molar-refractivity contribution in [2.45, 2.75) is 26.9 Å². The fraction of sp³-hybridized carbons (Fsp3) is 0.579. The molecule has 0 saturated carbocycles. The van der Waals surface area contributed by atoms with Crippen molar-refractivity contribution in [2.75, 3.05) is 39.9 Å². The van der Waals surface area contributed by atoms with E-state index in [1.54, 1.807) is 0 Å². The lowest BCUT2D eigenvalue weighted by molar-refractivity contribution is -0.144. The molecule has 0 radical (unpaired) electrons. The van der Waals surface area contributed by atoms with E-state index in [2.05, 4.69) is 34.3 Å². The summed E-state index contributed by atoms with van der Waals surface area (Å²) in [7, 11) is 1.41. The van der Waals surface area contributed by atoms with Gasteiger partial charge >= 0.3 is 5.97 Å². The van der Waals surface area contributed by atoms with Gasteiger partial charge in [-0.05, 0) is 25.0 Å². The highest BCUT2D eigenvalue weighted by Crippen LogP contribution is 2.25. The summed E-state index contributed by atoms with van der Waals surface area (Å²) in [5.74, 6) is 0.325. The molecule has 2 unspecified atom stereocenters. The third kappa shape index (κ3) is 5.19. The Labute approximate surface area is 150 Å². The van der Waals surface area contributed by atoms with Crippen LogP contribution in [0.2, 0.25) is 0 Å². The predicted molar refractivity (Wildman–Crippen MR) is 98.6 cm³/mol. The van der Waals surface area contributed by atoms with Crippen LogP contribution in [-0.4, -0.2) is 56.7 Å². The average molecular weight is 347 g/mol. The number of nitrogens with zero attached hydrogens (tertiary/aromatic N) is 2. The van der Waals surface area contributed by atoms with Gasteiger partial charge in [-0.1, -0.05) is 31.2 Å². The van der Waals surface area contributed by atoms with Crippen LogP contribution < -0.4 is 5.32 Å². The van der Waals surface area contributed by atoms with Crippen LogP contribution in [0.3, 0.4) is 0 Å². The van der Waals surface area contributed by atoms with Gasteiger partial charge < -0.3 is 19.7 Å². The van der Waals surface area contributed by atoms with Gasteiger partial charge in [0.1, 0.15) is 6.10 Å². The Morgan fingerprint density at radius 2 is 2.24 bits per heavy atom. The molecule has 1 saturated heterocycles. The number of carbonyl (C=O) groups excluding carboxylic acids is 1. The SMILES string of the molecule is CCNC(=NCC(C)C(=O)OC)N1CCOC(c2ccccc2C)C1. The monoisotopic (exact) mass is 347 g/mol. The average Bonchev–Trinajstić information content (AvgIpc) is 2.64. The Morgan fingerprint density at radius 1 is 1.48 bits per heavy atom. The molecule has 0 spiro atoms. The van der Waals surface area contributed by atoms with Gasteiger partial charge in [0.2, 0.25) is 0 Å². The van der Waals surface area contributed by atoms with Gasteiger partial charge in [-0.2, -0.15) is 0 Å². The number of aliphatic imine (C=N–C) groups is 1. The molecule has 6 nitrogen and oxygen atoms in total. The van der Waals surface area contributed by atoms with Gasteiger partial charge in [0, 0.05) is 13.1 Å². The zero-order valence-corrected chi connectivity index (χ0v) is 15.6. The Hall–Kier alpha value is -2.08. The molecule has 0 aliphatic carbocycles. The van der Waals surface area contributed by atoms with Crippen LogP contribution in [0, 0.1) is 12.8 Å². The fourth-order valence-corrected chi connectivity index (χ4v) is 2.90. The molecule has 1 aliphatic rings. The van der Waals surface area contributed by atoms with E-state index in [9.17, 15) is 4.79 Å². The molecular formula is C19H29N3O3. The first kappa shape index (κ1) is 19.2. The molecule has 0 amide bonds. The first-order chi connectivity index (χ1) is 12.1. The van der Waals surface area contributed by atoms with Gasteiger partial charge in [0.25, 0.3) is 0 Å². The Bertz CT molecular complexity index is 603. The number of ether oxygens (including phenoxy) is 2. The molecule has 1 fully saturated rings. The minimum Gasteiger partial charge on any atom is -0.469 e. The smallest absolute Gasteiger partial charge is 0.310 e. The zero-order chi connectivity index (χ0) is 18.2. The number of carbonyl (C=O) groups is 1. The van der Waals surface area contributed by atoms with Crippen LogP contribution in [0.15, 0.2) is 29.3 Å². The number of benzene rings is 1. The summed E-state index contributed by atoms with van der Waals surface area (Å²) in [6, 6.07) is 8.31. The molecule has 25 heavy (non-hydrogen) atoms. The first-order valence-corrected chi connectivity index (χ1v) is 8.85. The zero-order valence-electron chi connectivity index (χ0n) is 15.6. The van der Waals surface area contributed by atoms with Crippen molar-refractivity contribution in [3.63, 3.8) is 0 Å². The molecule has 2 atom stereocenters. The summed E-state index contributed by atoms with van der Waals surface area (Å²) < 4.78 is 10.8. The van der Waals surface area contributed by atoms with Gasteiger partial charge in [-0.15, -0.1) is 0 Å². The largest absolute Gasteiger partial charge is 0.469 e. The molecule has 1 aromatic rings. The molecular weight excluding hydrogens is 318 g/mol. The topological polar surface area (TPSA) is 63.2 Å². The van der Waals surface area contributed by atoms with Crippen LogP contribution in [0.1, 0.15) is 31.1 Å². The van der Waals surface area contributed by atoms with Crippen molar-refractivity contribution in [1.82, 2.24) is 10.2 Å². The Morgan fingerprint density at radius 3 is 2.92 bits per heavy atom. The maximum atomic E-state index is 11.6. The highest BCUT2D eigenvalue weighted by molar-refractivity contribution is 5.80. The van der Waals surface area contributed by atoms with E-state index >= 15 is 0 Å². The summed E-state index contributed by atoms with van der Waals surface area (Å²) in [5, 5.41) is 3.32. The number of esters is 1. The molecule has 2 rings (SSSR count). The van der Waals surface area contributed by atoms with Crippen LogP contribution in [-0.2, 0) is 14.3 Å². The number of rotatable bonds is 5. The number of aryl methyl sites for hydroxylation is 1. The summed E-state index contributed by atoms with van der Waals surface area (Å²) in [5.41, 5.74) is 2.45. The van der Waals surface area contributed by atoms with Crippen LogP contribution in [0.25, 0.3) is 0 Å². The van der Waals surface area contributed by atoms with E-state index < -0.39 is 0 Å². The fourth-order valence-electron chi connectivity index (χ4n) is 2.90. The van der Waals surface area contributed by atoms with E-state index in [0.717, 1.165) is 25.6 Å². The molecule has 1 N–H and O–H groups in total. The molecule has 1 aliphatic heterocycles. The van der Waals surface area contributed by atoms with E-state index in [1.165, 1.54) is 18.2 Å². The molecule has 6 heteroatoms. The minimum absolute atomic E-state index is 0.0248. The lowest BCUT2D eigenvalue weighted by Gasteiger charge is -2.36. The van der Waals surface area contributed by atoms with E-state index in [-0.39, 0.29) is 18.0 Å². The van der Waals surface area contributed by atoms with Crippen LogP contribution in [0.5, 0.6) is 0 Å². The first-order valence-electron chi connectivity index (χ1n) is 8.85. The summed E-state index contributed by atoms with van der Waals surface area (Å²) >= 11 is 0. The highest BCUT2D eigenvalue weighted by atomic mass is 16.5. The number of hydrogen-bond acceptors (Lipinski definition) is 4. The van der Waals surface area contributed by atoms with E-state index in [0.29, 0.717) is 13.2 Å². The number of methoxy groups -OCH3 is 1. The normalized spacial score (nSPS) is 19.4. The van der Waals surface area contributed by atoms with Gasteiger partial charge in [-0.25, -0.2) is 0 Å². The third-order valence-corrected chi connectivity index (χ3v) is 4.35. The van der Waals surface area contributed by atoms with Crippen molar-refractivity contribution in [3.05, 3.63) is 35.4 Å². The summed E-state index contributed by atoms with van der Waals surface area (Å²) in [6.45, 7) is 9.32. The highest BCUT2D eigenvalue weighted by Gasteiger charge is 2.25. The van der Waals surface area contributed by atoms with E-state index in [1.807, 2.05) is 26.0 Å². The maximum Gasteiger partial charge on any atom is 0.310 e. The standard InChI is InChI=1S/C19H29N3O3/c1-5-20-19(21-12-15(3)18(23)24-4)22-10-11-25-17(13-22)16-9-7-6-8-14(16)2/h6-9,15,17H,5,10-13H2,1-4H3,(H,20,21). The number of morpholine rings is 1. The van der Waals surface area contributed by atoms with Gasteiger partial charge in [0.05, 0.1) is 32.7 Å². The summed E-state index contributed by atoms with van der Waals surface area (Å²) in [6.07, 6.45) is 0.0248. The quantitative estimate of drug-likeness (QED) is 0.502. The number of nitrogens with one attached hydrogen (secondary N) is 1. The number of guanidine groups is 1. The molecule has 1 aromatic carbocycles. The van der Waals surface area contributed by atoms with Crippen molar-refractivity contribution in [2.24, 2.45) is 10.9 Å². The van der Waals surface area contributed by atoms with Crippen LogP contribution >= 0.6 is 0 Å². The molecule has 138 valence electrons. The third-order valence-electron chi connectivity index (χ3n) is 4.35. The van der Waals surface area contributed by atoms with E-state index in [4.69, 9.17) is 9.47 Å². The molecule has 0 bridgehead atoms. The van der Waals surface area contributed by atoms with Crippen molar-refractivity contribution in [1.29, 1.82) is 0 Å². The van der Waals surface area contributed by atoms with Gasteiger partial charge in [0.15, 0.2) is 5.96 Å². The molecule has 0 aromatic heterocycles. The molecule has 1 heterocycles. The predicted octanol–water partition coefficient (Wildman–Crippen LogP) is 2.14. The number of hydrogen-bond donors (Lipinski definition) is 1. The minimum atomic E-state index is -0.258. The van der Waals surface area contributed by atoms with Crippen LogP contribution in [0.4, 0.5) is 0 Å².